The maximum atomic E-state index is 13.5. The quantitative estimate of drug-likeness (QED) is 0.608. The normalized spacial score (nSPS) is 16.5. The summed E-state index contributed by atoms with van der Waals surface area (Å²) in [5.74, 6) is -1.66. The third-order valence-corrected chi connectivity index (χ3v) is 6.73. The first-order valence-electron chi connectivity index (χ1n) is 11.2. The molecule has 0 aliphatic carbocycles. The largest absolute Gasteiger partial charge is 0.477 e. The zero-order chi connectivity index (χ0) is 23.7. The molecule has 1 aliphatic heterocycles. The van der Waals surface area contributed by atoms with Crippen LogP contribution >= 0.6 is 0 Å². The number of amides is 1. The van der Waals surface area contributed by atoms with Crippen molar-refractivity contribution in [3.05, 3.63) is 105 Å². The fraction of sp³-hybridized carbons (Fsp3) is 0.296. The molecule has 6 nitrogen and oxygen atoms in total. The van der Waals surface area contributed by atoms with E-state index in [1.807, 2.05) is 55.1 Å². The first-order valence-corrected chi connectivity index (χ1v) is 11.2. The van der Waals surface area contributed by atoms with Crippen LogP contribution in [0.3, 0.4) is 0 Å². The molecule has 1 aromatic heterocycles. The molecule has 0 saturated heterocycles. The Hall–Kier alpha value is -3.67. The first kappa shape index (κ1) is 22.5. The lowest BCUT2D eigenvalue weighted by Crippen LogP contribution is -2.50. The van der Waals surface area contributed by atoms with E-state index in [4.69, 9.17) is 0 Å². The van der Waals surface area contributed by atoms with E-state index in [1.54, 1.807) is 11.5 Å². The second-order valence-electron chi connectivity index (χ2n) is 8.64. The Balaban J connectivity index is 2.02. The number of carbonyl (C=O) groups excluding carboxylic acids is 1. The Kier molecular flexibility index (Phi) is 6.18. The van der Waals surface area contributed by atoms with Gasteiger partial charge in [-0.3, -0.25) is 9.59 Å². The summed E-state index contributed by atoms with van der Waals surface area (Å²) in [6.45, 7) is 6.00. The number of carboxylic acid groups (broad SMARTS) is 1. The number of benzene rings is 2. The highest BCUT2D eigenvalue weighted by molar-refractivity contribution is 5.96. The average Bonchev–Trinajstić information content (AvgIpc) is 2.83. The van der Waals surface area contributed by atoms with E-state index in [-0.39, 0.29) is 40.7 Å². The molecule has 1 N–H and O–H groups in total. The lowest BCUT2D eigenvalue weighted by molar-refractivity contribution is 0.0565. The van der Waals surface area contributed by atoms with Crippen molar-refractivity contribution >= 4 is 11.9 Å². The molecule has 0 bridgehead atoms. The topological polar surface area (TPSA) is 79.6 Å². The van der Waals surface area contributed by atoms with E-state index in [1.165, 1.54) is 6.20 Å². The number of hydrogen-bond donors (Lipinski definition) is 1. The molecule has 6 heteroatoms. The van der Waals surface area contributed by atoms with Gasteiger partial charge in [-0.25, -0.2) is 4.79 Å². The molecule has 1 amide bonds. The van der Waals surface area contributed by atoms with E-state index in [0.717, 1.165) is 17.5 Å². The molecule has 4 rings (SSSR count). The second-order valence-corrected chi connectivity index (χ2v) is 8.64. The number of carboxylic acids is 1. The zero-order valence-electron chi connectivity index (χ0n) is 19.1. The third-order valence-electron chi connectivity index (χ3n) is 6.73. The molecule has 1 aliphatic rings. The molecular weight excluding hydrogens is 416 g/mol. The fourth-order valence-electron chi connectivity index (χ4n) is 4.78. The predicted molar refractivity (Wildman–Crippen MR) is 127 cm³/mol. The second kappa shape index (κ2) is 9.06. The summed E-state index contributed by atoms with van der Waals surface area (Å²) in [4.78, 5) is 40.0. The van der Waals surface area contributed by atoms with Crippen molar-refractivity contribution in [2.45, 2.75) is 45.2 Å². The highest BCUT2D eigenvalue weighted by Gasteiger charge is 2.40. The summed E-state index contributed by atoms with van der Waals surface area (Å²) in [6, 6.07) is 19.7. The molecule has 33 heavy (non-hydrogen) atoms. The van der Waals surface area contributed by atoms with Crippen LogP contribution < -0.4 is 5.43 Å². The molecule has 2 heterocycles. The number of fused-ring (bicyclic) bond motifs is 1. The number of nitrogens with zero attached hydrogens (tertiary/aromatic N) is 2. The van der Waals surface area contributed by atoms with Gasteiger partial charge in [-0.05, 0) is 31.4 Å². The van der Waals surface area contributed by atoms with Crippen molar-refractivity contribution in [1.29, 1.82) is 0 Å². The minimum atomic E-state index is -1.29. The van der Waals surface area contributed by atoms with Crippen molar-refractivity contribution in [3.8, 4) is 0 Å². The zero-order valence-corrected chi connectivity index (χ0v) is 19.1. The first-order chi connectivity index (χ1) is 15.8. The number of aromatic nitrogens is 1. The number of pyridine rings is 1. The predicted octanol–water partition coefficient (Wildman–Crippen LogP) is 4.48. The third kappa shape index (κ3) is 3.97. The van der Waals surface area contributed by atoms with Crippen molar-refractivity contribution < 1.29 is 14.7 Å². The molecule has 170 valence electrons. The molecule has 0 radical (unpaired) electrons. The van der Waals surface area contributed by atoms with Crippen LogP contribution in [0.2, 0.25) is 0 Å². The number of carbonyl (C=O) groups is 2. The Bertz CT molecular complexity index is 1190. The Morgan fingerprint density at radius 1 is 1.03 bits per heavy atom. The molecule has 2 atom stereocenters. The van der Waals surface area contributed by atoms with Gasteiger partial charge in [-0.15, -0.1) is 0 Å². The maximum Gasteiger partial charge on any atom is 0.341 e. The molecule has 2 aromatic carbocycles. The van der Waals surface area contributed by atoms with Crippen LogP contribution in [-0.2, 0) is 0 Å². The molecule has 2 unspecified atom stereocenters. The molecule has 3 aromatic rings. The Morgan fingerprint density at radius 2 is 1.58 bits per heavy atom. The van der Waals surface area contributed by atoms with Gasteiger partial charge in [0.1, 0.15) is 11.3 Å². The van der Waals surface area contributed by atoms with E-state index in [0.29, 0.717) is 6.54 Å². The van der Waals surface area contributed by atoms with Crippen LogP contribution in [-0.4, -0.2) is 39.0 Å². The molecular formula is C27H28N2O4. The summed E-state index contributed by atoms with van der Waals surface area (Å²) in [7, 11) is 0. The van der Waals surface area contributed by atoms with Crippen LogP contribution in [0.15, 0.2) is 71.7 Å². The van der Waals surface area contributed by atoms with E-state index in [9.17, 15) is 19.5 Å². The SMILES string of the molecule is CCC(C)N1CC(C(c2ccccc2)c2ccccc2)n2cc(C(=O)O)c(=O)c(C)c2C1=O. The van der Waals surface area contributed by atoms with Crippen molar-refractivity contribution in [2.24, 2.45) is 0 Å². The molecule has 0 spiro atoms. The van der Waals surface area contributed by atoms with Gasteiger partial charge in [0.2, 0.25) is 0 Å². The van der Waals surface area contributed by atoms with Crippen LogP contribution in [0.25, 0.3) is 0 Å². The summed E-state index contributed by atoms with van der Waals surface area (Å²) in [6.07, 6.45) is 2.14. The highest BCUT2D eigenvalue weighted by Crippen LogP contribution is 2.39. The summed E-state index contributed by atoms with van der Waals surface area (Å²) in [5, 5.41) is 9.69. The van der Waals surface area contributed by atoms with Gasteiger partial charge in [-0.2, -0.15) is 0 Å². The van der Waals surface area contributed by atoms with Crippen LogP contribution in [0.5, 0.6) is 0 Å². The standard InChI is InChI=1S/C27H28N2O4/c1-4-17(2)28-16-22(23(19-11-7-5-8-12-19)20-13-9-6-10-14-20)29-15-21(27(32)33)25(30)18(3)24(29)26(28)31/h5-15,17,22-23H,4,16H2,1-3H3,(H,32,33). The number of rotatable bonds is 6. The fourth-order valence-corrected chi connectivity index (χ4v) is 4.78. The smallest absolute Gasteiger partial charge is 0.341 e. The summed E-state index contributed by atoms with van der Waals surface area (Å²) < 4.78 is 1.74. The van der Waals surface area contributed by atoms with Crippen molar-refractivity contribution in [3.63, 3.8) is 0 Å². The summed E-state index contributed by atoms with van der Waals surface area (Å²) in [5.41, 5.74) is 1.66. The van der Waals surface area contributed by atoms with Crippen LogP contribution in [0.4, 0.5) is 0 Å². The van der Waals surface area contributed by atoms with E-state index >= 15 is 0 Å². The number of hydrogen-bond acceptors (Lipinski definition) is 3. The molecule has 0 fully saturated rings. The molecule has 0 saturated carbocycles. The van der Waals surface area contributed by atoms with Gasteiger partial charge in [0.05, 0.1) is 6.04 Å². The maximum absolute atomic E-state index is 13.5. The van der Waals surface area contributed by atoms with Gasteiger partial charge in [0, 0.05) is 30.3 Å². The minimum Gasteiger partial charge on any atom is -0.477 e. The lowest BCUT2D eigenvalue weighted by atomic mass is 9.82. The van der Waals surface area contributed by atoms with Crippen LogP contribution in [0.1, 0.15) is 69.8 Å². The van der Waals surface area contributed by atoms with E-state index in [2.05, 4.69) is 24.3 Å². The Labute approximate surface area is 193 Å². The van der Waals surface area contributed by atoms with Gasteiger partial charge in [0.25, 0.3) is 5.91 Å². The van der Waals surface area contributed by atoms with Gasteiger partial charge >= 0.3 is 5.97 Å². The highest BCUT2D eigenvalue weighted by atomic mass is 16.4. The van der Waals surface area contributed by atoms with Crippen molar-refractivity contribution in [2.75, 3.05) is 6.54 Å². The summed E-state index contributed by atoms with van der Waals surface area (Å²) >= 11 is 0. The van der Waals surface area contributed by atoms with Crippen LogP contribution in [0, 0.1) is 6.92 Å². The van der Waals surface area contributed by atoms with Gasteiger partial charge in [0.15, 0.2) is 5.43 Å². The average molecular weight is 445 g/mol. The van der Waals surface area contributed by atoms with E-state index < -0.39 is 11.4 Å². The van der Waals surface area contributed by atoms with Crippen molar-refractivity contribution in [1.82, 2.24) is 9.47 Å². The monoisotopic (exact) mass is 444 g/mol. The Morgan fingerprint density at radius 3 is 2.06 bits per heavy atom. The lowest BCUT2D eigenvalue weighted by Gasteiger charge is -2.43. The van der Waals surface area contributed by atoms with Gasteiger partial charge < -0.3 is 14.6 Å². The number of aromatic carboxylic acids is 1. The minimum absolute atomic E-state index is 0.0189. The van der Waals surface area contributed by atoms with Gasteiger partial charge in [-0.1, -0.05) is 67.6 Å².